The Balaban J connectivity index is 2.76. The zero-order valence-electron chi connectivity index (χ0n) is 5.87. The molecule has 0 aromatic heterocycles. The Hall–Kier alpha value is -1.25. The van der Waals surface area contributed by atoms with Crippen LogP contribution in [0.1, 0.15) is 6.42 Å². The van der Waals surface area contributed by atoms with Crippen LogP contribution in [-0.2, 0) is 4.79 Å². The van der Waals surface area contributed by atoms with Gasteiger partial charge in [-0.1, -0.05) is 12.2 Å². The van der Waals surface area contributed by atoms with E-state index in [0.29, 0.717) is 5.70 Å². The molecule has 0 atom stereocenters. The number of amides is 1. The molecule has 0 spiro atoms. The molecule has 1 heterocycles. The Morgan fingerprint density at radius 3 is 2.90 bits per heavy atom. The summed E-state index contributed by atoms with van der Waals surface area (Å²) in [5.41, 5.74) is 5.65. The fourth-order valence-corrected chi connectivity index (χ4v) is 0.897. The van der Waals surface area contributed by atoms with Crippen LogP contribution < -0.4 is 5.73 Å². The van der Waals surface area contributed by atoms with E-state index in [0.717, 1.165) is 6.42 Å². The van der Waals surface area contributed by atoms with E-state index in [1.807, 2.05) is 18.4 Å². The van der Waals surface area contributed by atoms with E-state index in [4.69, 9.17) is 5.73 Å². The highest BCUT2D eigenvalue weighted by molar-refractivity contribution is 5.91. The third kappa shape index (κ3) is 1.18. The zero-order valence-corrected chi connectivity index (χ0v) is 5.87. The van der Waals surface area contributed by atoms with Gasteiger partial charge in [0, 0.05) is 13.2 Å². The summed E-state index contributed by atoms with van der Waals surface area (Å²) in [6.07, 6.45) is 6.40. The molecule has 0 aliphatic carbocycles. The number of likely N-dealkylation sites (N-methyl/N-ethyl adjacent to an activating group) is 1. The molecular formula is C7H10N2O. The van der Waals surface area contributed by atoms with Crippen LogP contribution in [-0.4, -0.2) is 17.9 Å². The average molecular weight is 138 g/mol. The summed E-state index contributed by atoms with van der Waals surface area (Å²) in [5, 5.41) is 0. The van der Waals surface area contributed by atoms with E-state index in [1.54, 1.807) is 11.9 Å². The minimum Gasteiger partial charge on any atom is -0.364 e. The van der Waals surface area contributed by atoms with Gasteiger partial charge < -0.3 is 10.6 Å². The topological polar surface area (TPSA) is 46.3 Å². The van der Waals surface area contributed by atoms with Crippen LogP contribution in [0.25, 0.3) is 0 Å². The largest absolute Gasteiger partial charge is 0.364 e. The van der Waals surface area contributed by atoms with Gasteiger partial charge in [-0.2, -0.15) is 0 Å². The van der Waals surface area contributed by atoms with Crippen molar-refractivity contribution in [3.05, 3.63) is 24.0 Å². The number of nitrogens with zero attached hydrogens (tertiary/aromatic N) is 1. The van der Waals surface area contributed by atoms with Gasteiger partial charge >= 0.3 is 0 Å². The maximum atomic E-state index is 10.6. The van der Waals surface area contributed by atoms with Crippen molar-refractivity contribution in [1.29, 1.82) is 0 Å². The van der Waals surface area contributed by atoms with Gasteiger partial charge in [-0.3, -0.25) is 4.79 Å². The molecule has 0 saturated heterocycles. The number of carbonyl (C=O) groups is 1. The van der Waals surface area contributed by atoms with Crippen LogP contribution >= 0.6 is 0 Å². The molecule has 0 bridgehead atoms. The summed E-state index contributed by atoms with van der Waals surface area (Å²) in [6.45, 7) is 0. The predicted molar refractivity (Wildman–Crippen MR) is 38.8 cm³/mol. The molecular weight excluding hydrogens is 128 g/mol. The van der Waals surface area contributed by atoms with Gasteiger partial charge in [0.15, 0.2) is 0 Å². The number of allylic oxidation sites excluding steroid dienone is 2. The molecule has 1 rings (SSSR count). The van der Waals surface area contributed by atoms with Gasteiger partial charge in [-0.25, -0.2) is 0 Å². The van der Waals surface area contributed by atoms with Crippen molar-refractivity contribution >= 4 is 5.91 Å². The van der Waals surface area contributed by atoms with Crippen molar-refractivity contribution in [2.45, 2.75) is 6.42 Å². The molecule has 54 valence electrons. The maximum absolute atomic E-state index is 10.6. The zero-order chi connectivity index (χ0) is 7.56. The molecule has 3 heteroatoms. The monoisotopic (exact) mass is 138 g/mol. The number of rotatable bonds is 1. The lowest BCUT2D eigenvalue weighted by molar-refractivity contribution is -0.115. The van der Waals surface area contributed by atoms with Crippen LogP contribution in [0.15, 0.2) is 24.0 Å². The maximum Gasteiger partial charge on any atom is 0.264 e. The van der Waals surface area contributed by atoms with Crippen molar-refractivity contribution in [1.82, 2.24) is 4.90 Å². The lowest BCUT2D eigenvalue weighted by atomic mass is 10.2. The van der Waals surface area contributed by atoms with Crippen LogP contribution in [0.4, 0.5) is 0 Å². The van der Waals surface area contributed by atoms with Crippen LogP contribution in [0.3, 0.4) is 0 Å². The molecule has 1 aliphatic rings. The molecule has 0 aromatic carbocycles. The van der Waals surface area contributed by atoms with Gasteiger partial charge in [-0.15, -0.1) is 0 Å². The minimum absolute atomic E-state index is 0.369. The molecule has 1 aliphatic heterocycles. The first-order chi connectivity index (χ1) is 4.72. The number of primary amides is 1. The molecule has 3 nitrogen and oxygen atoms in total. The van der Waals surface area contributed by atoms with E-state index >= 15 is 0 Å². The van der Waals surface area contributed by atoms with Crippen molar-refractivity contribution in [2.75, 3.05) is 7.05 Å². The third-order valence-corrected chi connectivity index (χ3v) is 1.41. The molecule has 1 amide bonds. The second-order valence-electron chi connectivity index (χ2n) is 2.18. The Bertz CT molecular complexity index is 206. The first kappa shape index (κ1) is 6.86. The van der Waals surface area contributed by atoms with Crippen LogP contribution in [0.2, 0.25) is 0 Å². The SMILES string of the molecule is CN1C=CCC=C1C(N)=O. The first-order valence-corrected chi connectivity index (χ1v) is 3.11. The number of hydrogen-bond acceptors (Lipinski definition) is 2. The molecule has 2 N–H and O–H groups in total. The highest BCUT2D eigenvalue weighted by Crippen LogP contribution is 2.08. The first-order valence-electron chi connectivity index (χ1n) is 3.11. The Morgan fingerprint density at radius 2 is 2.50 bits per heavy atom. The van der Waals surface area contributed by atoms with E-state index < -0.39 is 0 Å². The smallest absolute Gasteiger partial charge is 0.264 e. The fourth-order valence-electron chi connectivity index (χ4n) is 0.897. The van der Waals surface area contributed by atoms with Crippen molar-refractivity contribution in [2.24, 2.45) is 5.73 Å². The second-order valence-corrected chi connectivity index (χ2v) is 2.18. The normalized spacial score (nSPS) is 16.9. The van der Waals surface area contributed by atoms with E-state index in [1.165, 1.54) is 0 Å². The fraction of sp³-hybridized carbons (Fsp3) is 0.286. The van der Waals surface area contributed by atoms with Crippen molar-refractivity contribution in [3.8, 4) is 0 Å². The summed E-state index contributed by atoms with van der Waals surface area (Å²) in [5.74, 6) is -0.369. The summed E-state index contributed by atoms with van der Waals surface area (Å²) < 4.78 is 0. The van der Waals surface area contributed by atoms with E-state index in [2.05, 4.69) is 0 Å². The third-order valence-electron chi connectivity index (χ3n) is 1.41. The molecule has 0 aromatic rings. The van der Waals surface area contributed by atoms with Gasteiger partial charge in [0.1, 0.15) is 5.70 Å². The standard InChI is InChI=1S/C7H10N2O/c1-9-5-3-2-4-6(9)7(8)10/h3-5H,2H2,1H3,(H2,8,10). The Labute approximate surface area is 59.8 Å². The predicted octanol–water partition coefficient (Wildman–Crippen LogP) is 0.205. The lowest BCUT2D eigenvalue weighted by Crippen LogP contribution is -2.25. The van der Waals surface area contributed by atoms with Crippen molar-refractivity contribution < 1.29 is 4.79 Å². The number of hydrogen-bond donors (Lipinski definition) is 1. The van der Waals surface area contributed by atoms with Gasteiger partial charge in [0.25, 0.3) is 5.91 Å². The minimum atomic E-state index is -0.369. The molecule has 0 radical (unpaired) electrons. The molecule has 0 fully saturated rings. The number of carbonyl (C=O) groups excluding carboxylic acids is 1. The highest BCUT2D eigenvalue weighted by Gasteiger charge is 2.09. The number of nitrogens with two attached hydrogens (primary N) is 1. The van der Waals surface area contributed by atoms with E-state index in [9.17, 15) is 4.79 Å². The lowest BCUT2D eigenvalue weighted by Gasteiger charge is -2.17. The molecule has 0 saturated carbocycles. The average Bonchev–Trinajstić information content (AvgIpc) is 1.88. The van der Waals surface area contributed by atoms with Crippen LogP contribution in [0, 0.1) is 0 Å². The quantitative estimate of drug-likeness (QED) is 0.562. The summed E-state index contributed by atoms with van der Waals surface area (Å²) >= 11 is 0. The molecule has 0 unspecified atom stereocenters. The van der Waals surface area contributed by atoms with Crippen LogP contribution in [0.5, 0.6) is 0 Å². The summed E-state index contributed by atoms with van der Waals surface area (Å²) in [6, 6.07) is 0. The van der Waals surface area contributed by atoms with Gasteiger partial charge in [0.2, 0.25) is 0 Å². The van der Waals surface area contributed by atoms with Gasteiger partial charge in [0.05, 0.1) is 0 Å². The Kier molecular flexibility index (Phi) is 1.76. The van der Waals surface area contributed by atoms with Crippen molar-refractivity contribution in [3.63, 3.8) is 0 Å². The summed E-state index contributed by atoms with van der Waals surface area (Å²) in [7, 11) is 1.80. The highest BCUT2D eigenvalue weighted by atomic mass is 16.1. The van der Waals surface area contributed by atoms with Gasteiger partial charge in [-0.05, 0) is 6.42 Å². The second kappa shape index (κ2) is 2.56. The summed E-state index contributed by atoms with van der Waals surface area (Å²) in [4.78, 5) is 12.4. The van der Waals surface area contributed by atoms with E-state index in [-0.39, 0.29) is 5.91 Å². The Morgan fingerprint density at radius 1 is 1.80 bits per heavy atom. The molecule has 10 heavy (non-hydrogen) atoms.